The van der Waals surface area contributed by atoms with Crippen LogP contribution in [0.15, 0.2) is 74.2 Å². The summed E-state index contributed by atoms with van der Waals surface area (Å²) in [5.41, 5.74) is 9.60. The molecule has 0 fully saturated rings. The molecule has 0 rings (SSSR count). The number of hydrogen-bond acceptors (Lipinski definition) is 1. The van der Waals surface area contributed by atoms with Crippen LogP contribution in [0.1, 0.15) is 0 Å². The second-order valence-electron chi connectivity index (χ2n) is 2.89. The van der Waals surface area contributed by atoms with E-state index in [4.69, 9.17) is 0 Å². The van der Waals surface area contributed by atoms with Crippen LogP contribution in [0.2, 0.25) is 0 Å². The average molecular weight is 232 g/mol. The van der Waals surface area contributed by atoms with Gasteiger partial charge in [0.15, 0.2) is 0 Å². The molecule has 79 valence electrons. The third kappa shape index (κ3) is 2.58. The Morgan fingerprint density at radius 1 is 0.800 bits per heavy atom. The SMILES string of the molecule is C=CN([Si](C=C)C=C)[Si](C=C)(C=C)C=C. The largest absolute Gasteiger partial charge is 0.415 e. The van der Waals surface area contributed by atoms with Crippen molar-refractivity contribution in [2.45, 2.75) is 0 Å². The minimum absolute atomic E-state index is 1.01. The van der Waals surface area contributed by atoms with Crippen molar-refractivity contribution in [3.63, 3.8) is 0 Å². The van der Waals surface area contributed by atoms with Crippen molar-refractivity contribution < 1.29 is 0 Å². The number of rotatable bonds is 8. The normalized spacial score (nSPS) is 10.2. The van der Waals surface area contributed by atoms with Crippen molar-refractivity contribution in [3.8, 4) is 0 Å². The zero-order valence-corrected chi connectivity index (χ0v) is 11.2. The van der Waals surface area contributed by atoms with E-state index >= 15 is 0 Å². The summed E-state index contributed by atoms with van der Waals surface area (Å²) >= 11 is 0. The van der Waals surface area contributed by atoms with Crippen molar-refractivity contribution >= 4 is 17.2 Å². The van der Waals surface area contributed by atoms with Gasteiger partial charge in [-0.05, 0) is 6.20 Å². The Bertz CT molecular complexity index is 264. The molecule has 0 saturated carbocycles. The summed E-state index contributed by atoms with van der Waals surface area (Å²) in [5.74, 6) is 0. The molecule has 0 N–H and O–H groups in total. The van der Waals surface area contributed by atoms with Gasteiger partial charge in [0.1, 0.15) is 0 Å². The lowest BCUT2D eigenvalue weighted by molar-refractivity contribution is 0.902. The third-order valence-corrected chi connectivity index (χ3v) is 8.77. The molecule has 0 aliphatic rings. The van der Waals surface area contributed by atoms with Crippen LogP contribution in [0.3, 0.4) is 0 Å². The summed E-state index contributed by atoms with van der Waals surface area (Å²) in [5, 5.41) is 0. The molecule has 0 heterocycles. The second-order valence-corrected chi connectivity index (χ2v) is 8.96. The molecular weight excluding hydrogens is 214 g/mol. The van der Waals surface area contributed by atoms with Gasteiger partial charge < -0.3 is 4.23 Å². The molecule has 1 radical (unpaired) electrons. The van der Waals surface area contributed by atoms with Crippen LogP contribution in [0, 0.1) is 0 Å². The molecule has 15 heavy (non-hydrogen) atoms. The molecule has 0 unspecified atom stereocenters. The molecule has 0 saturated heterocycles. The van der Waals surface area contributed by atoms with Gasteiger partial charge in [-0.25, -0.2) is 0 Å². The van der Waals surface area contributed by atoms with Crippen molar-refractivity contribution in [2.75, 3.05) is 0 Å². The maximum Gasteiger partial charge on any atom is 0.221 e. The smallest absolute Gasteiger partial charge is 0.221 e. The molecule has 0 aliphatic carbocycles. The lowest BCUT2D eigenvalue weighted by Crippen LogP contribution is -2.52. The van der Waals surface area contributed by atoms with E-state index in [1.54, 1.807) is 0 Å². The molecule has 0 aromatic heterocycles. The Morgan fingerprint density at radius 2 is 1.20 bits per heavy atom. The first-order chi connectivity index (χ1) is 7.15. The Hall–Kier alpha value is -1.33. The monoisotopic (exact) mass is 232 g/mol. The lowest BCUT2D eigenvalue weighted by Gasteiger charge is -2.37. The highest BCUT2D eigenvalue weighted by atomic mass is 28.4. The van der Waals surface area contributed by atoms with Crippen molar-refractivity contribution in [1.82, 2.24) is 4.23 Å². The summed E-state index contributed by atoms with van der Waals surface area (Å²) < 4.78 is 2.17. The predicted octanol–water partition coefficient (Wildman–Crippen LogP) is 2.99. The van der Waals surface area contributed by atoms with Gasteiger partial charge in [-0.1, -0.05) is 35.1 Å². The van der Waals surface area contributed by atoms with E-state index in [0.29, 0.717) is 0 Å². The molecule has 0 atom stereocenters. The highest BCUT2D eigenvalue weighted by Crippen LogP contribution is 2.17. The fourth-order valence-corrected chi connectivity index (χ4v) is 6.65. The van der Waals surface area contributed by atoms with E-state index in [9.17, 15) is 0 Å². The Labute approximate surface area is 95.9 Å². The molecule has 3 heteroatoms. The summed E-state index contributed by atoms with van der Waals surface area (Å²) in [4.78, 5) is 0. The van der Waals surface area contributed by atoms with Gasteiger partial charge in [0, 0.05) is 0 Å². The van der Waals surface area contributed by atoms with Gasteiger partial charge in [0.05, 0.1) is 0 Å². The van der Waals surface area contributed by atoms with Crippen LogP contribution in [0.5, 0.6) is 0 Å². The lowest BCUT2D eigenvalue weighted by atomic mass is 11.1. The summed E-state index contributed by atoms with van der Waals surface area (Å²) in [6.45, 7) is 23.1. The van der Waals surface area contributed by atoms with E-state index < -0.39 is 17.2 Å². The van der Waals surface area contributed by atoms with Gasteiger partial charge in [0.2, 0.25) is 17.2 Å². The molecule has 0 aromatic carbocycles. The minimum atomic E-state index is -2.04. The van der Waals surface area contributed by atoms with Crippen molar-refractivity contribution in [3.05, 3.63) is 74.2 Å². The fraction of sp³-hybridized carbons (Fsp3) is 0. The molecule has 0 aliphatic heterocycles. The maximum absolute atomic E-state index is 3.87. The van der Waals surface area contributed by atoms with Gasteiger partial charge in [-0.15, -0.1) is 32.9 Å². The highest BCUT2D eigenvalue weighted by molar-refractivity contribution is 6.98. The second kappa shape index (κ2) is 6.21. The van der Waals surface area contributed by atoms with E-state index in [-0.39, 0.29) is 0 Å². The van der Waals surface area contributed by atoms with Gasteiger partial charge >= 0.3 is 0 Å². The quantitative estimate of drug-likeness (QED) is 0.582. The van der Waals surface area contributed by atoms with Gasteiger partial charge in [0.25, 0.3) is 0 Å². The third-order valence-electron chi connectivity index (χ3n) is 2.28. The molecule has 0 spiro atoms. The molecular formula is C12H18NSi2. The predicted molar refractivity (Wildman–Crippen MR) is 74.5 cm³/mol. The number of hydrogen-bond donors (Lipinski definition) is 0. The van der Waals surface area contributed by atoms with Crippen molar-refractivity contribution in [2.24, 2.45) is 0 Å². The van der Waals surface area contributed by atoms with E-state index in [0.717, 1.165) is 0 Å². The Morgan fingerprint density at radius 3 is 1.40 bits per heavy atom. The van der Waals surface area contributed by atoms with E-state index in [1.165, 1.54) is 0 Å². The first kappa shape index (κ1) is 13.7. The topological polar surface area (TPSA) is 3.24 Å². The van der Waals surface area contributed by atoms with E-state index in [1.807, 2.05) is 34.7 Å². The molecule has 0 aromatic rings. The molecule has 0 bridgehead atoms. The van der Waals surface area contributed by atoms with E-state index in [2.05, 4.69) is 43.7 Å². The van der Waals surface area contributed by atoms with Gasteiger partial charge in [-0.3, -0.25) is 0 Å². The number of nitrogens with zero attached hydrogens (tertiary/aromatic N) is 1. The first-order valence-corrected chi connectivity index (χ1v) is 8.38. The average Bonchev–Trinajstić information content (AvgIpc) is 2.30. The summed E-state index contributed by atoms with van der Waals surface area (Å²) in [7, 11) is -3.06. The van der Waals surface area contributed by atoms with Crippen LogP contribution in [-0.2, 0) is 0 Å². The van der Waals surface area contributed by atoms with Crippen LogP contribution in [-0.4, -0.2) is 21.4 Å². The summed E-state index contributed by atoms with van der Waals surface area (Å²) in [6.07, 6.45) is 1.81. The Balaban J connectivity index is 5.39. The van der Waals surface area contributed by atoms with Crippen LogP contribution < -0.4 is 0 Å². The highest BCUT2D eigenvalue weighted by Gasteiger charge is 2.32. The van der Waals surface area contributed by atoms with Crippen molar-refractivity contribution in [1.29, 1.82) is 0 Å². The minimum Gasteiger partial charge on any atom is -0.415 e. The molecule has 0 amide bonds. The zero-order valence-electron chi connectivity index (χ0n) is 9.15. The standard InChI is InChI=1S/C12H18NSi2/c1-7-13(14(8-2)9-3)15(10-4,11-5)12-6/h7-12H,1-6H2. The Kier molecular flexibility index (Phi) is 5.66. The summed E-state index contributed by atoms with van der Waals surface area (Å²) in [6, 6.07) is 0. The van der Waals surface area contributed by atoms with Crippen LogP contribution in [0.25, 0.3) is 0 Å². The maximum atomic E-state index is 3.87. The van der Waals surface area contributed by atoms with Crippen LogP contribution >= 0.6 is 0 Å². The van der Waals surface area contributed by atoms with Gasteiger partial charge in [-0.2, -0.15) is 0 Å². The first-order valence-electron chi connectivity index (χ1n) is 4.60. The van der Waals surface area contributed by atoms with Crippen LogP contribution in [0.4, 0.5) is 0 Å². The molecule has 1 nitrogen and oxygen atoms in total. The fourth-order valence-electron chi connectivity index (χ4n) is 1.31. The zero-order chi connectivity index (χ0) is 11.9.